The SMILES string of the molecule is CC(C)(C)OC(=O)NC1CCC(OC(=O)c2cc3ccc(C#N)cc3n2Cc2cccc3ccccc23)CC1. The van der Waals surface area contributed by atoms with Crippen molar-refractivity contribution in [2.75, 3.05) is 0 Å². The molecule has 1 amide bonds. The molecule has 200 valence electrons. The van der Waals surface area contributed by atoms with Gasteiger partial charge in [0, 0.05) is 18.0 Å². The first kappa shape index (κ1) is 26.3. The number of fused-ring (bicyclic) bond motifs is 2. The minimum Gasteiger partial charge on any atom is -0.458 e. The predicted molar refractivity (Wildman–Crippen MR) is 151 cm³/mol. The third-order valence-electron chi connectivity index (χ3n) is 7.12. The molecule has 0 unspecified atom stereocenters. The molecule has 0 bridgehead atoms. The number of ether oxygens (including phenoxy) is 2. The summed E-state index contributed by atoms with van der Waals surface area (Å²) in [5.74, 6) is -0.381. The van der Waals surface area contributed by atoms with Gasteiger partial charge >= 0.3 is 12.1 Å². The van der Waals surface area contributed by atoms with Crippen LogP contribution >= 0.6 is 0 Å². The Hall–Kier alpha value is -4.31. The highest BCUT2D eigenvalue weighted by atomic mass is 16.6. The van der Waals surface area contributed by atoms with Gasteiger partial charge in [-0.15, -0.1) is 0 Å². The summed E-state index contributed by atoms with van der Waals surface area (Å²) >= 11 is 0. The second-order valence-corrected chi connectivity index (χ2v) is 11.2. The van der Waals surface area contributed by atoms with Crippen molar-refractivity contribution in [3.05, 3.63) is 83.6 Å². The molecule has 1 heterocycles. The lowest BCUT2D eigenvalue weighted by Gasteiger charge is -2.30. The molecule has 7 heteroatoms. The molecule has 7 nitrogen and oxygen atoms in total. The molecule has 1 N–H and O–H groups in total. The quantitative estimate of drug-likeness (QED) is 0.294. The van der Waals surface area contributed by atoms with Gasteiger partial charge in [-0.3, -0.25) is 0 Å². The van der Waals surface area contributed by atoms with Crippen LogP contribution in [0.1, 0.15) is 68.1 Å². The fraction of sp³-hybridized carbons (Fsp3) is 0.344. The highest BCUT2D eigenvalue weighted by molar-refractivity contribution is 5.96. The van der Waals surface area contributed by atoms with E-state index in [9.17, 15) is 14.9 Å². The lowest BCUT2D eigenvalue weighted by Crippen LogP contribution is -2.42. The molecule has 1 aliphatic rings. The largest absolute Gasteiger partial charge is 0.458 e. The van der Waals surface area contributed by atoms with Gasteiger partial charge in [0.15, 0.2) is 0 Å². The number of benzene rings is 3. The van der Waals surface area contributed by atoms with E-state index < -0.39 is 11.7 Å². The standard InChI is InChI=1S/C32H33N3O4/c1-32(2,3)39-31(37)34-25-13-15-26(16-14-25)38-30(36)29-18-23-12-11-21(19-33)17-28(23)35(29)20-24-9-6-8-22-7-4-5-10-27(22)24/h4-12,17-18,25-26H,13-16,20H2,1-3H3,(H,34,37). The van der Waals surface area contributed by atoms with Gasteiger partial charge in [-0.25, -0.2) is 9.59 Å². The molecule has 0 aliphatic heterocycles. The molecule has 0 spiro atoms. The number of alkyl carbamates (subject to hydrolysis) is 1. The molecule has 5 rings (SSSR count). The van der Waals surface area contributed by atoms with Crippen molar-refractivity contribution in [2.45, 2.75) is 70.7 Å². The van der Waals surface area contributed by atoms with Crippen molar-refractivity contribution in [2.24, 2.45) is 0 Å². The molecule has 4 aromatic rings. The number of esters is 1. The number of nitrogens with one attached hydrogen (secondary N) is 1. The van der Waals surface area contributed by atoms with E-state index in [0.717, 1.165) is 27.2 Å². The van der Waals surface area contributed by atoms with Crippen molar-refractivity contribution in [1.82, 2.24) is 9.88 Å². The lowest BCUT2D eigenvalue weighted by molar-refractivity contribution is 0.0152. The van der Waals surface area contributed by atoms with Crippen LogP contribution in [0.25, 0.3) is 21.7 Å². The summed E-state index contributed by atoms with van der Waals surface area (Å²) in [5.41, 5.74) is 2.35. The van der Waals surface area contributed by atoms with E-state index >= 15 is 0 Å². The van der Waals surface area contributed by atoms with Crippen molar-refractivity contribution in [1.29, 1.82) is 5.26 Å². The molecule has 39 heavy (non-hydrogen) atoms. The summed E-state index contributed by atoms with van der Waals surface area (Å²) in [4.78, 5) is 25.7. The van der Waals surface area contributed by atoms with Gasteiger partial charge in [0.05, 0.1) is 17.1 Å². The zero-order valence-electron chi connectivity index (χ0n) is 22.6. The van der Waals surface area contributed by atoms with Gasteiger partial charge < -0.3 is 19.4 Å². The van der Waals surface area contributed by atoms with Crippen LogP contribution in [0.2, 0.25) is 0 Å². The van der Waals surface area contributed by atoms with Crippen LogP contribution in [-0.4, -0.2) is 34.4 Å². The number of amides is 1. The number of carbonyl (C=O) groups excluding carboxylic acids is 2. The maximum absolute atomic E-state index is 13.5. The Labute approximate surface area is 228 Å². The van der Waals surface area contributed by atoms with E-state index in [4.69, 9.17) is 9.47 Å². The normalized spacial score (nSPS) is 17.5. The number of aromatic nitrogens is 1. The Kier molecular flexibility index (Phi) is 7.30. The fourth-order valence-electron chi connectivity index (χ4n) is 5.28. The Bertz CT molecular complexity index is 1560. The maximum atomic E-state index is 13.5. The maximum Gasteiger partial charge on any atom is 0.407 e. The second kappa shape index (κ2) is 10.8. The molecule has 1 fully saturated rings. The monoisotopic (exact) mass is 523 g/mol. The zero-order valence-corrected chi connectivity index (χ0v) is 22.6. The van der Waals surface area contributed by atoms with E-state index in [0.29, 0.717) is 43.5 Å². The van der Waals surface area contributed by atoms with Gasteiger partial charge in [0.2, 0.25) is 0 Å². The molecule has 0 radical (unpaired) electrons. The summed E-state index contributed by atoms with van der Waals surface area (Å²) < 4.78 is 13.3. The van der Waals surface area contributed by atoms with E-state index in [1.807, 2.05) is 61.7 Å². The van der Waals surface area contributed by atoms with Crippen molar-refractivity contribution in [3.63, 3.8) is 0 Å². The van der Waals surface area contributed by atoms with E-state index in [1.54, 1.807) is 6.07 Å². The zero-order chi connectivity index (χ0) is 27.6. The van der Waals surface area contributed by atoms with E-state index in [2.05, 4.69) is 35.7 Å². The molecule has 0 atom stereocenters. The minimum atomic E-state index is -0.546. The predicted octanol–water partition coefficient (Wildman–Crippen LogP) is 6.71. The van der Waals surface area contributed by atoms with Gasteiger partial charge in [-0.1, -0.05) is 48.5 Å². The van der Waals surface area contributed by atoms with Crippen molar-refractivity contribution in [3.8, 4) is 6.07 Å². The van der Waals surface area contributed by atoms with Gasteiger partial charge in [-0.05, 0) is 81.0 Å². The highest BCUT2D eigenvalue weighted by Gasteiger charge is 2.28. The fourth-order valence-corrected chi connectivity index (χ4v) is 5.28. The van der Waals surface area contributed by atoms with Crippen molar-refractivity contribution < 1.29 is 19.1 Å². The minimum absolute atomic E-state index is 0.00276. The Morgan fingerprint density at radius 1 is 0.974 bits per heavy atom. The molecule has 3 aromatic carbocycles. The average Bonchev–Trinajstić information content (AvgIpc) is 3.26. The van der Waals surface area contributed by atoms with Gasteiger partial charge in [-0.2, -0.15) is 5.26 Å². The summed E-state index contributed by atoms with van der Waals surface area (Å²) in [5, 5.41) is 15.6. The second-order valence-electron chi connectivity index (χ2n) is 11.2. The molecule has 1 aliphatic carbocycles. The Morgan fingerprint density at radius 2 is 1.72 bits per heavy atom. The van der Waals surface area contributed by atoms with Crippen LogP contribution in [0, 0.1) is 11.3 Å². The first-order chi connectivity index (χ1) is 18.7. The first-order valence-electron chi connectivity index (χ1n) is 13.4. The third kappa shape index (κ3) is 6.06. The summed E-state index contributed by atoms with van der Waals surface area (Å²) in [6, 6.07) is 23.8. The molecule has 0 saturated heterocycles. The molecule has 1 aromatic heterocycles. The summed E-state index contributed by atoms with van der Waals surface area (Å²) in [6.45, 7) is 5.98. The highest BCUT2D eigenvalue weighted by Crippen LogP contribution is 2.28. The first-order valence-corrected chi connectivity index (χ1v) is 13.4. The van der Waals surface area contributed by atoms with Crippen LogP contribution in [-0.2, 0) is 16.0 Å². The molecule has 1 saturated carbocycles. The van der Waals surface area contributed by atoms with Crippen LogP contribution in [0.4, 0.5) is 4.79 Å². The van der Waals surface area contributed by atoms with E-state index in [-0.39, 0.29) is 18.1 Å². The lowest BCUT2D eigenvalue weighted by atomic mass is 9.93. The van der Waals surface area contributed by atoms with Gasteiger partial charge in [0.25, 0.3) is 0 Å². The van der Waals surface area contributed by atoms with E-state index in [1.165, 1.54) is 0 Å². The number of nitrogens with zero attached hydrogens (tertiary/aromatic N) is 2. The van der Waals surface area contributed by atoms with Crippen LogP contribution in [0.5, 0.6) is 0 Å². The third-order valence-corrected chi connectivity index (χ3v) is 7.12. The average molecular weight is 524 g/mol. The molecular formula is C32H33N3O4. The Morgan fingerprint density at radius 3 is 2.46 bits per heavy atom. The number of hydrogen-bond acceptors (Lipinski definition) is 5. The number of hydrogen-bond donors (Lipinski definition) is 1. The molecular weight excluding hydrogens is 490 g/mol. The van der Waals surface area contributed by atoms with Crippen LogP contribution in [0.3, 0.4) is 0 Å². The number of carbonyl (C=O) groups is 2. The Balaban J connectivity index is 1.35. The summed E-state index contributed by atoms with van der Waals surface area (Å²) in [6.07, 6.45) is 2.09. The van der Waals surface area contributed by atoms with Gasteiger partial charge in [0.1, 0.15) is 17.4 Å². The van der Waals surface area contributed by atoms with Crippen molar-refractivity contribution >= 4 is 33.7 Å². The number of nitriles is 1. The smallest absolute Gasteiger partial charge is 0.407 e. The summed E-state index contributed by atoms with van der Waals surface area (Å²) in [7, 11) is 0. The van der Waals surface area contributed by atoms with Crippen LogP contribution in [0.15, 0.2) is 66.7 Å². The number of rotatable bonds is 5. The topological polar surface area (TPSA) is 93.3 Å². The van der Waals surface area contributed by atoms with Crippen LogP contribution < -0.4 is 5.32 Å².